The highest BCUT2D eigenvalue weighted by Gasteiger charge is 2.38. The van der Waals surface area contributed by atoms with E-state index in [9.17, 15) is 9.59 Å². The molecule has 0 saturated carbocycles. The maximum absolute atomic E-state index is 13.3. The van der Waals surface area contributed by atoms with Crippen LogP contribution in [0, 0.1) is 0 Å². The van der Waals surface area contributed by atoms with Gasteiger partial charge in [-0.25, -0.2) is 0 Å². The van der Waals surface area contributed by atoms with E-state index >= 15 is 0 Å². The second-order valence-corrected chi connectivity index (χ2v) is 9.05. The molecule has 2 heterocycles. The van der Waals surface area contributed by atoms with Crippen molar-refractivity contribution in [2.24, 2.45) is 0 Å². The van der Waals surface area contributed by atoms with E-state index < -0.39 is 5.54 Å². The van der Waals surface area contributed by atoms with Crippen molar-refractivity contribution in [3.63, 3.8) is 0 Å². The molecule has 2 aromatic carbocycles. The quantitative estimate of drug-likeness (QED) is 0.731. The minimum absolute atomic E-state index is 0.00933. The third kappa shape index (κ3) is 4.30. The molecular weight excluding hydrogens is 444 g/mol. The van der Waals surface area contributed by atoms with Crippen LogP contribution in [0.2, 0.25) is 0 Å². The summed E-state index contributed by atoms with van der Waals surface area (Å²) in [6, 6.07) is 16.0. The minimum atomic E-state index is -0.450. The summed E-state index contributed by atoms with van der Waals surface area (Å²) in [6.07, 6.45) is 2.54. The van der Waals surface area contributed by atoms with E-state index in [1.165, 1.54) is 5.56 Å². The number of fused-ring (bicyclic) bond motifs is 1. The van der Waals surface area contributed by atoms with E-state index in [2.05, 4.69) is 39.4 Å². The normalized spacial score (nSPS) is 20.3. The van der Waals surface area contributed by atoms with Crippen LogP contribution in [0.4, 0.5) is 0 Å². The number of carbonyl (C=O) groups excluding carboxylic acids is 2. The first-order chi connectivity index (χ1) is 14.5. The molecule has 1 N–H and O–H groups in total. The second-order valence-electron chi connectivity index (χ2n) is 8.13. The van der Waals surface area contributed by atoms with Gasteiger partial charge in [-0.1, -0.05) is 52.3 Å². The first-order valence-electron chi connectivity index (χ1n) is 10.5. The summed E-state index contributed by atoms with van der Waals surface area (Å²) in [5.41, 5.74) is 2.94. The average Bonchev–Trinajstić information content (AvgIpc) is 2.74. The Hall–Kier alpha value is -2.18. The minimum Gasteiger partial charge on any atom is -0.381 e. The number of carbonyl (C=O) groups is 2. The zero-order valence-corrected chi connectivity index (χ0v) is 18.8. The van der Waals surface area contributed by atoms with E-state index in [0.717, 1.165) is 34.9 Å². The van der Waals surface area contributed by atoms with Crippen LogP contribution in [0.15, 0.2) is 53.0 Å². The van der Waals surface area contributed by atoms with Gasteiger partial charge in [-0.05, 0) is 48.1 Å². The molecule has 1 saturated heterocycles. The Kier molecular flexibility index (Phi) is 6.25. The molecule has 4 rings (SSSR count). The molecule has 30 heavy (non-hydrogen) atoms. The number of halogens is 1. The van der Waals surface area contributed by atoms with Gasteiger partial charge in [0.2, 0.25) is 11.8 Å². The molecule has 0 aliphatic carbocycles. The van der Waals surface area contributed by atoms with Gasteiger partial charge in [0, 0.05) is 31.2 Å². The number of ether oxygens (including phenoxy) is 1. The molecule has 2 aromatic rings. The molecule has 0 radical (unpaired) electrons. The van der Waals surface area contributed by atoms with E-state index in [1.54, 1.807) is 6.92 Å². The maximum atomic E-state index is 13.3. The monoisotopic (exact) mass is 470 g/mol. The molecule has 2 amide bonds. The van der Waals surface area contributed by atoms with Gasteiger partial charge in [-0.2, -0.15) is 0 Å². The van der Waals surface area contributed by atoms with Crippen LogP contribution in [0.25, 0.3) is 0 Å². The van der Waals surface area contributed by atoms with E-state index in [4.69, 9.17) is 4.74 Å². The van der Waals surface area contributed by atoms with Crippen LogP contribution < -0.4 is 5.32 Å². The molecule has 0 bridgehead atoms. The Labute approximate surface area is 185 Å². The van der Waals surface area contributed by atoms with Crippen molar-refractivity contribution in [3.8, 4) is 0 Å². The van der Waals surface area contributed by atoms with Gasteiger partial charge < -0.3 is 15.0 Å². The third-order valence-electron chi connectivity index (χ3n) is 6.30. The fraction of sp³-hybridized carbons (Fsp3) is 0.417. The van der Waals surface area contributed by atoms with Crippen molar-refractivity contribution in [2.45, 2.75) is 44.2 Å². The Morgan fingerprint density at radius 3 is 2.67 bits per heavy atom. The van der Waals surface area contributed by atoms with Crippen molar-refractivity contribution in [2.75, 3.05) is 19.8 Å². The standard InChI is InChI=1S/C24H27BrN2O3/c1-17(28)27-12-9-18-5-2-3-8-21(18)22(27)16-23(29)26-24(10-13-30-14-11-24)19-6-4-7-20(25)15-19/h2-8,15,22H,9-14,16H2,1H3,(H,26,29). The Bertz CT molecular complexity index is 940. The number of amides is 2. The van der Waals surface area contributed by atoms with Gasteiger partial charge in [0.05, 0.1) is 18.0 Å². The summed E-state index contributed by atoms with van der Waals surface area (Å²) in [7, 11) is 0. The Morgan fingerprint density at radius 2 is 1.93 bits per heavy atom. The third-order valence-corrected chi connectivity index (χ3v) is 6.79. The SMILES string of the molecule is CC(=O)N1CCc2ccccc2C1CC(=O)NC1(c2cccc(Br)c2)CCOCC1. The first-order valence-corrected chi connectivity index (χ1v) is 11.3. The van der Waals surface area contributed by atoms with Gasteiger partial charge >= 0.3 is 0 Å². The zero-order valence-electron chi connectivity index (χ0n) is 17.2. The average molecular weight is 471 g/mol. The molecule has 2 aliphatic rings. The van der Waals surface area contributed by atoms with Crippen molar-refractivity contribution < 1.29 is 14.3 Å². The lowest BCUT2D eigenvalue weighted by molar-refractivity contribution is -0.133. The maximum Gasteiger partial charge on any atom is 0.223 e. The molecular formula is C24H27BrN2O3. The van der Waals surface area contributed by atoms with Crippen molar-refractivity contribution in [3.05, 3.63) is 69.7 Å². The van der Waals surface area contributed by atoms with Crippen LogP contribution in [0.5, 0.6) is 0 Å². The first kappa shape index (κ1) is 21.1. The summed E-state index contributed by atoms with van der Waals surface area (Å²) in [4.78, 5) is 27.4. The number of rotatable bonds is 4. The number of nitrogens with one attached hydrogen (secondary N) is 1. The van der Waals surface area contributed by atoms with E-state index in [1.807, 2.05) is 35.2 Å². The molecule has 6 heteroatoms. The van der Waals surface area contributed by atoms with Crippen molar-refractivity contribution >= 4 is 27.7 Å². The fourth-order valence-corrected chi connectivity index (χ4v) is 5.13. The van der Waals surface area contributed by atoms with Gasteiger partial charge in [0.15, 0.2) is 0 Å². The zero-order chi connectivity index (χ0) is 21.1. The lowest BCUT2D eigenvalue weighted by Gasteiger charge is -2.40. The lowest BCUT2D eigenvalue weighted by atomic mass is 9.82. The molecule has 1 fully saturated rings. The summed E-state index contributed by atoms with van der Waals surface area (Å²) in [6.45, 7) is 3.45. The van der Waals surface area contributed by atoms with E-state index in [0.29, 0.717) is 19.8 Å². The van der Waals surface area contributed by atoms with Gasteiger partial charge in [0.25, 0.3) is 0 Å². The molecule has 5 nitrogen and oxygen atoms in total. The molecule has 0 spiro atoms. The molecule has 2 aliphatic heterocycles. The predicted molar refractivity (Wildman–Crippen MR) is 119 cm³/mol. The van der Waals surface area contributed by atoms with Crippen molar-refractivity contribution in [1.82, 2.24) is 10.2 Å². The molecule has 158 valence electrons. The smallest absolute Gasteiger partial charge is 0.223 e. The van der Waals surface area contributed by atoms with E-state index in [-0.39, 0.29) is 24.3 Å². The van der Waals surface area contributed by atoms with Crippen LogP contribution >= 0.6 is 15.9 Å². The number of hydrogen-bond acceptors (Lipinski definition) is 3. The number of nitrogens with zero attached hydrogens (tertiary/aromatic N) is 1. The van der Waals surface area contributed by atoms with Crippen LogP contribution in [0.3, 0.4) is 0 Å². The highest BCUT2D eigenvalue weighted by Crippen LogP contribution is 2.36. The van der Waals surface area contributed by atoms with Crippen LogP contribution in [-0.4, -0.2) is 36.5 Å². The fourth-order valence-electron chi connectivity index (χ4n) is 4.73. The molecule has 1 atom stereocenters. The van der Waals surface area contributed by atoms with Crippen LogP contribution in [0.1, 0.15) is 48.9 Å². The molecule has 1 unspecified atom stereocenters. The summed E-state index contributed by atoms with van der Waals surface area (Å²) < 4.78 is 6.58. The highest BCUT2D eigenvalue weighted by atomic mass is 79.9. The summed E-state index contributed by atoms with van der Waals surface area (Å²) in [5.74, 6) is -0.0279. The Balaban J connectivity index is 1.59. The number of benzene rings is 2. The van der Waals surface area contributed by atoms with Crippen LogP contribution in [-0.2, 0) is 26.3 Å². The highest BCUT2D eigenvalue weighted by molar-refractivity contribution is 9.10. The second kappa shape index (κ2) is 8.90. The van der Waals surface area contributed by atoms with Gasteiger partial charge in [-0.15, -0.1) is 0 Å². The van der Waals surface area contributed by atoms with Gasteiger partial charge in [-0.3, -0.25) is 9.59 Å². The van der Waals surface area contributed by atoms with Crippen molar-refractivity contribution in [1.29, 1.82) is 0 Å². The lowest BCUT2D eigenvalue weighted by Crippen LogP contribution is -2.50. The summed E-state index contributed by atoms with van der Waals surface area (Å²) >= 11 is 3.55. The predicted octanol–water partition coefficient (Wildman–Crippen LogP) is 4.11. The number of hydrogen-bond donors (Lipinski definition) is 1. The largest absolute Gasteiger partial charge is 0.381 e. The van der Waals surface area contributed by atoms with Gasteiger partial charge in [0.1, 0.15) is 0 Å². The Morgan fingerprint density at radius 1 is 1.17 bits per heavy atom. The molecule has 0 aromatic heterocycles. The topological polar surface area (TPSA) is 58.6 Å². The summed E-state index contributed by atoms with van der Waals surface area (Å²) in [5, 5.41) is 3.34.